The third-order valence-corrected chi connectivity index (χ3v) is 5.45. The molecule has 1 N–H and O–H groups in total. The van der Waals surface area contributed by atoms with Gasteiger partial charge in [0.25, 0.3) is 5.91 Å². The summed E-state index contributed by atoms with van der Waals surface area (Å²) < 4.78 is 11.7. The number of hydrazone groups is 1. The molecular formula is C27H27BrN2O4. The summed E-state index contributed by atoms with van der Waals surface area (Å²) in [4.78, 5) is 25.1. The first-order valence-electron chi connectivity index (χ1n) is 10.9. The number of halogens is 1. The molecule has 3 rings (SSSR count). The van der Waals surface area contributed by atoms with Crippen molar-refractivity contribution < 1.29 is 19.1 Å². The van der Waals surface area contributed by atoms with Crippen LogP contribution in [0.3, 0.4) is 0 Å². The Labute approximate surface area is 208 Å². The summed E-state index contributed by atoms with van der Waals surface area (Å²) in [6.07, 6.45) is 1.44. The van der Waals surface area contributed by atoms with Crippen molar-refractivity contribution in [2.75, 3.05) is 6.61 Å². The van der Waals surface area contributed by atoms with Gasteiger partial charge >= 0.3 is 5.97 Å². The summed E-state index contributed by atoms with van der Waals surface area (Å²) in [6, 6.07) is 19.3. The summed E-state index contributed by atoms with van der Waals surface area (Å²) in [7, 11) is 0. The number of nitrogens with one attached hydrogen (secondary N) is 1. The molecule has 0 fully saturated rings. The van der Waals surface area contributed by atoms with Crippen molar-refractivity contribution in [2.45, 2.75) is 33.1 Å². The monoisotopic (exact) mass is 522 g/mol. The molecular weight excluding hydrogens is 496 g/mol. The van der Waals surface area contributed by atoms with Gasteiger partial charge in [-0.25, -0.2) is 10.2 Å². The van der Waals surface area contributed by atoms with Gasteiger partial charge in [0, 0.05) is 15.6 Å². The highest BCUT2D eigenvalue weighted by Crippen LogP contribution is 2.24. The van der Waals surface area contributed by atoms with Gasteiger partial charge in [0.2, 0.25) is 0 Å². The minimum Gasteiger partial charge on any atom is -0.494 e. The largest absolute Gasteiger partial charge is 0.494 e. The molecule has 0 saturated heterocycles. The van der Waals surface area contributed by atoms with Crippen molar-refractivity contribution in [1.29, 1.82) is 0 Å². The Bertz CT molecular complexity index is 1180. The SMILES string of the molecule is CCOc1ccc(C(=O)Oc2ccc(Br)cc2/C=N/NC(=O)c2ccc(C(C)(C)C)cc2)cc1. The number of carbonyl (C=O) groups excluding carboxylic acids is 2. The van der Waals surface area contributed by atoms with Gasteiger partial charge < -0.3 is 9.47 Å². The number of nitrogens with zero attached hydrogens (tertiary/aromatic N) is 1. The number of benzene rings is 3. The molecule has 1 amide bonds. The number of hydrogen-bond donors (Lipinski definition) is 1. The van der Waals surface area contributed by atoms with Crippen LogP contribution in [0.1, 0.15) is 59.5 Å². The van der Waals surface area contributed by atoms with Crippen molar-refractivity contribution in [1.82, 2.24) is 5.43 Å². The fraction of sp³-hybridized carbons (Fsp3) is 0.222. The number of rotatable bonds is 7. The minimum absolute atomic E-state index is 0.00696. The van der Waals surface area contributed by atoms with Gasteiger partial charge in [0.1, 0.15) is 11.5 Å². The maximum atomic E-state index is 12.6. The summed E-state index contributed by atoms with van der Waals surface area (Å²) in [5.41, 5.74) is 5.08. The first kappa shape index (κ1) is 25.2. The second-order valence-corrected chi connectivity index (χ2v) is 9.47. The van der Waals surface area contributed by atoms with Gasteiger partial charge in [0.05, 0.1) is 18.4 Å². The van der Waals surface area contributed by atoms with E-state index in [9.17, 15) is 9.59 Å². The highest BCUT2D eigenvalue weighted by molar-refractivity contribution is 9.10. The van der Waals surface area contributed by atoms with Crippen molar-refractivity contribution >= 4 is 34.0 Å². The van der Waals surface area contributed by atoms with Crippen LogP contribution >= 0.6 is 15.9 Å². The van der Waals surface area contributed by atoms with Gasteiger partial charge in [0.15, 0.2) is 0 Å². The van der Waals surface area contributed by atoms with Gasteiger partial charge in [-0.3, -0.25) is 4.79 Å². The van der Waals surface area contributed by atoms with E-state index in [1.54, 1.807) is 54.6 Å². The molecule has 34 heavy (non-hydrogen) atoms. The second kappa shape index (κ2) is 11.1. The van der Waals surface area contributed by atoms with Crippen LogP contribution in [0.25, 0.3) is 0 Å². The number of amides is 1. The smallest absolute Gasteiger partial charge is 0.343 e. The predicted octanol–water partition coefficient (Wildman–Crippen LogP) is 6.13. The molecule has 6 nitrogen and oxygen atoms in total. The molecule has 0 aliphatic rings. The Morgan fingerprint density at radius 3 is 2.24 bits per heavy atom. The van der Waals surface area contributed by atoms with Crippen molar-refractivity contribution in [2.24, 2.45) is 5.10 Å². The molecule has 0 radical (unpaired) electrons. The topological polar surface area (TPSA) is 77.0 Å². The first-order valence-corrected chi connectivity index (χ1v) is 11.6. The van der Waals surface area contributed by atoms with Crippen LogP contribution in [0.4, 0.5) is 0 Å². The first-order chi connectivity index (χ1) is 16.2. The number of carbonyl (C=O) groups is 2. The van der Waals surface area contributed by atoms with E-state index >= 15 is 0 Å². The van der Waals surface area contributed by atoms with Crippen molar-refractivity contribution in [3.63, 3.8) is 0 Å². The maximum absolute atomic E-state index is 12.6. The van der Waals surface area contributed by atoms with Crippen LogP contribution in [0.5, 0.6) is 11.5 Å². The lowest BCUT2D eigenvalue weighted by molar-refractivity contribution is 0.0734. The molecule has 7 heteroatoms. The van der Waals surface area contributed by atoms with E-state index in [0.29, 0.717) is 34.8 Å². The number of ether oxygens (including phenoxy) is 2. The van der Waals surface area contributed by atoms with Crippen LogP contribution in [0.2, 0.25) is 0 Å². The summed E-state index contributed by atoms with van der Waals surface area (Å²) >= 11 is 3.41. The summed E-state index contributed by atoms with van der Waals surface area (Å²) in [5, 5.41) is 4.05. The van der Waals surface area contributed by atoms with E-state index in [4.69, 9.17) is 9.47 Å². The molecule has 0 saturated carbocycles. The Hall–Kier alpha value is -3.45. The van der Waals surface area contributed by atoms with Crippen molar-refractivity contribution in [3.8, 4) is 11.5 Å². The van der Waals surface area contributed by atoms with E-state index in [2.05, 4.69) is 47.2 Å². The van der Waals surface area contributed by atoms with Crippen molar-refractivity contribution in [3.05, 3.63) is 93.5 Å². The zero-order chi connectivity index (χ0) is 24.7. The van der Waals surface area contributed by atoms with E-state index in [0.717, 1.165) is 10.0 Å². The van der Waals surface area contributed by atoms with E-state index in [1.807, 2.05) is 19.1 Å². The highest BCUT2D eigenvalue weighted by atomic mass is 79.9. The Balaban J connectivity index is 1.69. The van der Waals surface area contributed by atoms with Crippen LogP contribution in [0.15, 0.2) is 76.3 Å². The summed E-state index contributed by atoms with van der Waals surface area (Å²) in [6.45, 7) is 8.79. The van der Waals surface area contributed by atoms with Crippen LogP contribution in [0, 0.1) is 0 Å². The predicted molar refractivity (Wildman–Crippen MR) is 137 cm³/mol. The molecule has 176 valence electrons. The lowest BCUT2D eigenvalue weighted by Gasteiger charge is -2.18. The Morgan fingerprint density at radius 1 is 0.971 bits per heavy atom. The zero-order valence-electron chi connectivity index (χ0n) is 19.6. The molecule has 0 heterocycles. The zero-order valence-corrected chi connectivity index (χ0v) is 21.2. The minimum atomic E-state index is -0.511. The lowest BCUT2D eigenvalue weighted by Crippen LogP contribution is -2.18. The van der Waals surface area contributed by atoms with Crippen LogP contribution < -0.4 is 14.9 Å². The van der Waals surface area contributed by atoms with Crippen LogP contribution in [-0.4, -0.2) is 24.7 Å². The van der Waals surface area contributed by atoms with Gasteiger partial charge in [-0.15, -0.1) is 0 Å². The van der Waals surface area contributed by atoms with Gasteiger partial charge in [-0.1, -0.05) is 48.8 Å². The average Bonchev–Trinajstić information content (AvgIpc) is 2.81. The number of esters is 1. The quantitative estimate of drug-likeness (QED) is 0.175. The molecule has 3 aromatic rings. The van der Waals surface area contributed by atoms with E-state index < -0.39 is 5.97 Å². The molecule has 0 aliphatic carbocycles. The Morgan fingerprint density at radius 2 is 1.62 bits per heavy atom. The highest BCUT2D eigenvalue weighted by Gasteiger charge is 2.15. The van der Waals surface area contributed by atoms with E-state index in [-0.39, 0.29) is 11.3 Å². The average molecular weight is 523 g/mol. The fourth-order valence-corrected chi connectivity index (χ4v) is 3.45. The second-order valence-electron chi connectivity index (χ2n) is 8.56. The molecule has 0 bridgehead atoms. The molecule has 0 atom stereocenters. The molecule has 0 aliphatic heterocycles. The molecule has 0 aromatic heterocycles. The Kier molecular flexibility index (Phi) is 8.23. The van der Waals surface area contributed by atoms with E-state index in [1.165, 1.54) is 6.21 Å². The lowest BCUT2D eigenvalue weighted by atomic mass is 9.87. The standard InChI is InChI=1S/C27H27BrN2O4/c1-5-33-23-13-8-19(9-14-23)26(32)34-24-15-12-22(28)16-20(24)17-29-30-25(31)18-6-10-21(11-7-18)27(2,3)4/h6-17H,5H2,1-4H3,(H,30,31)/b29-17+. The van der Waals surface area contributed by atoms with Gasteiger partial charge in [-0.2, -0.15) is 5.10 Å². The molecule has 0 spiro atoms. The number of hydrogen-bond acceptors (Lipinski definition) is 5. The summed E-state index contributed by atoms with van der Waals surface area (Å²) in [5.74, 6) is 0.150. The normalized spacial score (nSPS) is 11.3. The molecule has 3 aromatic carbocycles. The third kappa shape index (κ3) is 6.78. The fourth-order valence-electron chi connectivity index (χ4n) is 3.07. The molecule has 0 unspecified atom stereocenters. The maximum Gasteiger partial charge on any atom is 0.343 e. The van der Waals surface area contributed by atoms with Gasteiger partial charge in [-0.05, 0) is 72.5 Å². The van der Waals surface area contributed by atoms with Crippen LogP contribution in [-0.2, 0) is 5.41 Å². The third-order valence-electron chi connectivity index (χ3n) is 4.96.